The maximum Gasteiger partial charge on any atom is 0.178 e. The van der Waals surface area contributed by atoms with Gasteiger partial charge in [0.15, 0.2) is 4.77 Å². The van der Waals surface area contributed by atoms with Crippen LogP contribution in [0, 0.1) is 11.7 Å². The van der Waals surface area contributed by atoms with E-state index < -0.39 is 10.8 Å². The van der Waals surface area contributed by atoms with Gasteiger partial charge >= 0.3 is 0 Å². The molecule has 1 unspecified atom stereocenters. The van der Waals surface area contributed by atoms with Gasteiger partial charge in [-0.05, 0) is 30.8 Å². The molecule has 0 aliphatic heterocycles. The molecule has 2 aromatic rings. The molecule has 0 bridgehead atoms. The largest absolute Gasteiger partial charge is 0.330 e. The molecule has 16 heavy (non-hydrogen) atoms. The predicted molar refractivity (Wildman–Crippen MR) is 70.8 cm³/mol. The summed E-state index contributed by atoms with van der Waals surface area (Å²) in [5.41, 5.74) is 3.35. The van der Waals surface area contributed by atoms with Gasteiger partial charge in [0.1, 0.15) is 0 Å². The van der Waals surface area contributed by atoms with Gasteiger partial charge in [0.25, 0.3) is 0 Å². The molecule has 0 saturated heterocycles. The lowest BCUT2D eigenvalue weighted by Gasteiger charge is -2.02. The number of nitrogens with one attached hydrogen (secondary N) is 1. The molecule has 1 heterocycles. The molecular formula is C11H14N2OS2. The van der Waals surface area contributed by atoms with Crippen LogP contribution < -0.4 is 0 Å². The summed E-state index contributed by atoms with van der Waals surface area (Å²) in [4.78, 5) is 3.20. The minimum Gasteiger partial charge on any atom is -0.330 e. The van der Waals surface area contributed by atoms with Gasteiger partial charge in [0.05, 0.1) is 11.0 Å². The first-order valence-electron chi connectivity index (χ1n) is 5.08. The fraction of sp³-hybridized carbons (Fsp3) is 0.364. The number of aromatic amines is 1. The summed E-state index contributed by atoms with van der Waals surface area (Å²) in [5.74, 6) is 0.634. The van der Waals surface area contributed by atoms with Crippen molar-refractivity contribution in [2.75, 3.05) is 12.0 Å². The molecule has 0 amide bonds. The Morgan fingerprint density at radius 1 is 1.50 bits per heavy atom. The van der Waals surface area contributed by atoms with Crippen LogP contribution in [0.15, 0.2) is 18.2 Å². The van der Waals surface area contributed by atoms with Gasteiger partial charge < -0.3 is 9.55 Å². The molecule has 0 spiro atoms. The minimum absolute atomic E-state index is 0.634. The van der Waals surface area contributed by atoms with E-state index >= 15 is 0 Å². The zero-order chi connectivity index (χ0) is 11.7. The Balaban J connectivity index is 2.52. The average Bonchev–Trinajstić information content (AvgIpc) is 2.53. The molecule has 1 atom stereocenters. The van der Waals surface area contributed by atoms with Crippen molar-refractivity contribution in [1.29, 1.82) is 0 Å². The van der Waals surface area contributed by atoms with Crippen LogP contribution >= 0.6 is 12.2 Å². The number of H-pyrrole nitrogens is 1. The third-order valence-corrected chi connectivity index (χ3v) is 3.70. The molecule has 3 nitrogen and oxygen atoms in total. The number of para-hydroxylation sites is 1. The van der Waals surface area contributed by atoms with E-state index in [0.717, 1.165) is 11.0 Å². The molecule has 0 radical (unpaired) electrons. The molecule has 0 fully saturated rings. The van der Waals surface area contributed by atoms with E-state index in [1.54, 1.807) is 6.26 Å². The quantitative estimate of drug-likeness (QED) is 0.854. The van der Waals surface area contributed by atoms with Crippen molar-refractivity contribution in [1.82, 2.24) is 9.55 Å². The molecule has 0 saturated carbocycles. The van der Waals surface area contributed by atoms with Crippen LogP contribution in [0.3, 0.4) is 0 Å². The number of nitrogens with zero attached hydrogens (tertiary/aromatic N) is 1. The van der Waals surface area contributed by atoms with E-state index in [-0.39, 0.29) is 0 Å². The number of fused-ring (bicyclic) bond motifs is 1. The Morgan fingerprint density at radius 2 is 2.25 bits per heavy atom. The number of hydrogen-bond acceptors (Lipinski definition) is 2. The molecule has 5 heteroatoms. The maximum absolute atomic E-state index is 11.1. The second kappa shape index (κ2) is 4.51. The van der Waals surface area contributed by atoms with E-state index in [4.69, 9.17) is 12.2 Å². The van der Waals surface area contributed by atoms with Crippen LogP contribution in [0.2, 0.25) is 0 Å². The Kier molecular flexibility index (Phi) is 3.25. The Hall–Kier alpha value is -0.940. The van der Waals surface area contributed by atoms with Crippen molar-refractivity contribution in [2.45, 2.75) is 13.5 Å². The van der Waals surface area contributed by atoms with E-state index in [1.807, 2.05) is 16.7 Å². The minimum atomic E-state index is -0.788. The van der Waals surface area contributed by atoms with E-state index in [0.29, 0.717) is 17.1 Å². The van der Waals surface area contributed by atoms with Gasteiger partial charge in [-0.2, -0.15) is 0 Å². The molecule has 0 aliphatic rings. The van der Waals surface area contributed by atoms with Crippen LogP contribution in [-0.2, 0) is 17.3 Å². The number of aryl methyl sites for hydroxylation is 2. The van der Waals surface area contributed by atoms with Gasteiger partial charge in [-0.15, -0.1) is 0 Å². The van der Waals surface area contributed by atoms with Crippen LogP contribution in [0.25, 0.3) is 11.0 Å². The summed E-state index contributed by atoms with van der Waals surface area (Å²) in [6.45, 7) is 2.75. The second-order valence-electron chi connectivity index (χ2n) is 3.83. The standard InChI is InChI=1S/C11H14N2OS2/c1-8-4-3-5-9-10(8)12-11(15)13(9)6-7-16(2)14/h3-5H,6-7H2,1-2H3,(H,12,15). The first-order valence-corrected chi connectivity index (χ1v) is 7.21. The highest BCUT2D eigenvalue weighted by Gasteiger charge is 2.06. The van der Waals surface area contributed by atoms with E-state index in [1.165, 1.54) is 5.56 Å². The van der Waals surface area contributed by atoms with Gasteiger partial charge in [-0.1, -0.05) is 12.1 Å². The summed E-state index contributed by atoms with van der Waals surface area (Å²) in [6, 6.07) is 6.10. The molecule has 1 aromatic carbocycles. The first-order chi connectivity index (χ1) is 7.59. The van der Waals surface area contributed by atoms with Gasteiger partial charge in [0.2, 0.25) is 0 Å². The van der Waals surface area contributed by atoms with Gasteiger partial charge in [0, 0.05) is 29.4 Å². The third-order valence-electron chi connectivity index (χ3n) is 2.62. The molecule has 86 valence electrons. The highest BCUT2D eigenvalue weighted by molar-refractivity contribution is 7.84. The number of hydrogen-bond donors (Lipinski definition) is 1. The smallest absolute Gasteiger partial charge is 0.178 e. The van der Waals surface area contributed by atoms with Crippen LogP contribution in [-0.4, -0.2) is 25.8 Å². The van der Waals surface area contributed by atoms with E-state index in [9.17, 15) is 4.21 Å². The maximum atomic E-state index is 11.1. The zero-order valence-corrected chi connectivity index (χ0v) is 11.0. The number of rotatable bonds is 3. The van der Waals surface area contributed by atoms with Crippen molar-refractivity contribution in [3.63, 3.8) is 0 Å². The van der Waals surface area contributed by atoms with E-state index in [2.05, 4.69) is 18.0 Å². The van der Waals surface area contributed by atoms with Gasteiger partial charge in [-0.25, -0.2) is 0 Å². The molecule has 1 aromatic heterocycles. The molecule has 1 N–H and O–H groups in total. The average molecular weight is 254 g/mol. The molecule has 2 rings (SSSR count). The number of benzene rings is 1. The van der Waals surface area contributed by atoms with Gasteiger partial charge in [-0.3, -0.25) is 4.21 Å². The lowest BCUT2D eigenvalue weighted by atomic mass is 10.2. The van der Waals surface area contributed by atoms with Crippen LogP contribution in [0.5, 0.6) is 0 Å². The summed E-state index contributed by atoms with van der Waals surface area (Å²) in [5, 5.41) is 0. The summed E-state index contributed by atoms with van der Waals surface area (Å²) >= 11 is 5.27. The summed E-state index contributed by atoms with van der Waals surface area (Å²) in [6.07, 6.45) is 1.71. The van der Waals surface area contributed by atoms with Crippen molar-refractivity contribution in [3.05, 3.63) is 28.5 Å². The normalized spacial score (nSPS) is 13.1. The highest BCUT2D eigenvalue weighted by atomic mass is 32.2. The first kappa shape index (κ1) is 11.5. The van der Waals surface area contributed by atoms with Crippen molar-refractivity contribution >= 4 is 34.1 Å². The fourth-order valence-corrected chi connectivity index (χ4v) is 2.50. The fourth-order valence-electron chi connectivity index (χ4n) is 1.77. The van der Waals surface area contributed by atoms with Crippen molar-refractivity contribution in [3.8, 4) is 0 Å². The van der Waals surface area contributed by atoms with Crippen molar-refractivity contribution in [2.24, 2.45) is 0 Å². The molecular weight excluding hydrogens is 240 g/mol. The lowest BCUT2D eigenvalue weighted by molar-refractivity contribution is 0.678. The number of aromatic nitrogens is 2. The Labute approximate surface area is 102 Å². The monoisotopic (exact) mass is 254 g/mol. The summed E-state index contributed by atoms with van der Waals surface area (Å²) < 4.78 is 13.8. The third kappa shape index (κ3) is 2.10. The van der Waals surface area contributed by atoms with Crippen LogP contribution in [0.1, 0.15) is 5.56 Å². The predicted octanol–water partition coefficient (Wildman–Crippen LogP) is 2.39. The Bertz CT molecular complexity index is 598. The van der Waals surface area contributed by atoms with Crippen LogP contribution in [0.4, 0.5) is 0 Å². The topological polar surface area (TPSA) is 37.8 Å². The summed E-state index contributed by atoms with van der Waals surface area (Å²) in [7, 11) is -0.788. The second-order valence-corrected chi connectivity index (χ2v) is 5.77. The molecule has 0 aliphatic carbocycles. The van der Waals surface area contributed by atoms with Crippen molar-refractivity contribution < 1.29 is 4.21 Å². The SMILES string of the molecule is Cc1cccc2c1[nH]c(=S)n2CCS(C)=O. The zero-order valence-electron chi connectivity index (χ0n) is 9.32. The highest BCUT2D eigenvalue weighted by Crippen LogP contribution is 2.17. The Morgan fingerprint density at radius 3 is 2.94 bits per heavy atom. The number of imidazole rings is 1. The lowest BCUT2D eigenvalue weighted by Crippen LogP contribution is -2.06.